The van der Waals surface area contributed by atoms with Crippen LogP contribution in [-0.4, -0.2) is 26.0 Å². The van der Waals surface area contributed by atoms with E-state index in [1.807, 2.05) is 0 Å². The van der Waals surface area contributed by atoms with Gasteiger partial charge in [-0.3, -0.25) is 4.79 Å². The molecule has 0 radical (unpaired) electrons. The van der Waals surface area contributed by atoms with Gasteiger partial charge in [0.1, 0.15) is 11.6 Å². The van der Waals surface area contributed by atoms with E-state index in [0.29, 0.717) is 18.5 Å². The summed E-state index contributed by atoms with van der Waals surface area (Å²) in [4.78, 5) is 12.0. The summed E-state index contributed by atoms with van der Waals surface area (Å²) in [5.41, 5.74) is 1.77. The van der Waals surface area contributed by atoms with Crippen molar-refractivity contribution >= 4 is 5.78 Å². The topological polar surface area (TPSA) is 38.3 Å². The normalized spacial score (nSPS) is 10.5. The molecule has 0 saturated heterocycles. The minimum absolute atomic E-state index is 0.108. The number of carbonyl (C=O) groups excluding carboxylic acids is 1. The molecule has 0 aliphatic rings. The summed E-state index contributed by atoms with van der Waals surface area (Å²) in [6.07, 6.45) is 1.27. The second-order valence-electron chi connectivity index (χ2n) is 5.03. The van der Waals surface area contributed by atoms with Gasteiger partial charge in [-0.05, 0) is 54.9 Å². The summed E-state index contributed by atoms with van der Waals surface area (Å²) in [6, 6.07) is 13.6. The molecule has 0 spiro atoms. The van der Waals surface area contributed by atoms with Gasteiger partial charge < -0.3 is 10.1 Å². The van der Waals surface area contributed by atoms with Crippen LogP contribution in [0.5, 0.6) is 5.75 Å². The monoisotopic (exact) mass is 301 g/mol. The highest BCUT2D eigenvalue weighted by atomic mass is 19.1. The Labute approximate surface area is 130 Å². The van der Waals surface area contributed by atoms with Crippen LogP contribution in [-0.2, 0) is 6.42 Å². The average Bonchev–Trinajstić information content (AvgIpc) is 2.56. The molecule has 2 rings (SSSR count). The zero-order valence-electron chi connectivity index (χ0n) is 12.6. The van der Waals surface area contributed by atoms with Crippen molar-refractivity contribution in [2.75, 3.05) is 20.2 Å². The summed E-state index contributed by atoms with van der Waals surface area (Å²) in [6.45, 7) is 1.40. The molecule has 4 heteroatoms. The average molecular weight is 301 g/mol. The summed E-state index contributed by atoms with van der Waals surface area (Å²) in [5, 5.41) is 3.23. The largest absolute Gasteiger partial charge is 0.497 e. The fourth-order valence-electron chi connectivity index (χ4n) is 2.13. The number of rotatable bonds is 8. The van der Waals surface area contributed by atoms with Crippen LogP contribution in [0.3, 0.4) is 0 Å². The van der Waals surface area contributed by atoms with Gasteiger partial charge in [0.2, 0.25) is 0 Å². The number of benzene rings is 2. The van der Waals surface area contributed by atoms with Crippen LogP contribution < -0.4 is 10.1 Å². The third-order valence-corrected chi connectivity index (χ3v) is 3.44. The van der Waals surface area contributed by atoms with Crippen molar-refractivity contribution in [2.45, 2.75) is 12.8 Å². The lowest BCUT2D eigenvalue weighted by Crippen LogP contribution is -2.21. The molecule has 3 nitrogen and oxygen atoms in total. The molecule has 116 valence electrons. The van der Waals surface area contributed by atoms with E-state index in [2.05, 4.69) is 5.32 Å². The number of ether oxygens (including phenoxy) is 1. The first-order valence-electron chi connectivity index (χ1n) is 7.31. The van der Waals surface area contributed by atoms with Crippen molar-refractivity contribution in [2.24, 2.45) is 0 Å². The molecule has 0 aliphatic heterocycles. The van der Waals surface area contributed by atoms with Gasteiger partial charge in [0, 0.05) is 18.5 Å². The Bertz CT molecular complexity index is 593. The van der Waals surface area contributed by atoms with Crippen molar-refractivity contribution in [1.82, 2.24) is 5.32 Å². The Morgan fingerprint density at radius 2 is 1.73 bits per heavy atom. The molecule has 0 aromatic heterocycles. The number of ketones is 1. The zero-order valence-corrected chi connectivity index (χ0v) is 12.6. The predicted molar refractivity (Wildman–Crippen MR) is 84.9 cm³/mol. The molecular formula is C18H20FNO2. The van der Waals surface area contributed by atoms with Crippen LogP contribution in [0.2, 0.25) is 0 Å². The molecule has 0 heterocycles. The van der Waals surface area contributed by atoms with Crippen LogP contribution in [0.25, 0.3) is 0 Å². The number of carbonyl (C=O) groups is 1. The van der Waals surface area contributed by atoms with E-state index in [1.54, 1.807) is 43.5 Å². The Balaban J connectivity index is 1.67. The first-order valence-corrected chi connectivity index (χ1v) is 7.31. The van der Waals surface area contributed by atoms with E-state index in [-0.39, 0.29) is 11.6 Å². The third kappa shape index (κ3) is 4.97. The maximum Gasteiger partial charge on any atom is 0.164 e. The molecule has 2 aromatic carbocycles. The van der Waals surface area contributed by atoms with Crippen LogP contribution in [0.1, 0.15) is 22.3 Å². The lowest BCUT2D eigenvalue weighted by Gasteiger charge is -2.06. The molecule has 0 bridgehead atoms. The fraction of sp³-hybridized carbons (Fsp3) is 0.278. The van der Waals surface area contributed by atoms with E-state index in [4.69, 9.17) is 4.74 Å². The molecule has 0 atom stereocenters. The van der Waals surface area contributed by atoms with Gasteiger partial charge in [0.15, 0.2) is 5.78 Å². The van der Waals surface area contributed by atoms with Crippen LogP contribution in [0.15, 0.2) is 48.5 Å². The van der Waals surface area contributed by atoms with Crippen molar-refractivity contribution in [3.05, 3.63) is 65.5 Å². The van der Waals surface area contributed by atoms with Crippen molar-refractivity contribution in [3.63, 3.8) is 0 Å². The number of methoxy groups -OCH3 is 1. The maximum absolute atomic E-state index is 12.8. The summed E-state index contributed by atoms with van der Waals surface area (Å²) in [7, 11) is 1.60. The van der Waals surface area contributed by atoms with Crippen molar-refractivity contribution < 1.29 is 13.9 Å². The van der Waals surface area contributed by atoms with Crippen LogP contribution in [0, 0.1) is 5.82 Å². The molecule has 0 aliphatic carbocycles. The molecular weight excluding hydrogens is 281 g/mol. The highest BCUT2D eigenvalue weighted by molar-refractivity contribution is 5.96. The summed E-state index contributed by atoms with van der Waals surface area (Å²) in [5.74, 6) is 0.632. The third-order valence-electron chi connectivity index (χ3n) is 3.44. The van der Waals surface area contributed by atoms with Gasteiger partial charge >= 0.3 is 0 Å². The van der Waals surface area contributed by atoms with Crippen LogP contribution in [0.4, 0.5) is 4.39 Å². The van der Waals surface area contributed by atoms with E-state index >= 15 is 0 Å². The summed E-state index contributed by atoms with van der Waals surface area (Å²) < 4.78 is 17.8. The van der Waals surface area contributed by atoms with Gasteiger partial charge in [-0.15, -0.1) is 0 Å². The Hall–Kier alpha value is -2.20. The molecule has 22 heavy (non-hydrogen) atoms. The minimum Gasteiger partial charge on any atom is -0.497 e. The standard InChI is InChI=1S/C18H20FNO2/c1-22-17-8-4-15(5-9-17)18(21)11-13-20-12-10-14-2-6-16(19)7-3-14/h2-9,20H,10-13H2,1H3. The quantitative estimate of drug-likeness (QED) is 0.601. The van der Waals surface area contributed by atoms with Gasteiger partial charge in [-0.2, -0.15) is 0 Å². The second kappa shape index (κ2) is 8.29. The number of Topliss-reactive ketones (excluding diaryl/α,β-unsaturated/α-hetero) is 1. The molecule has 0 saturated carbocycles. The predicted octanol–water partition coefficient (Wildman–Crippen LogP) is 3.24. The number of nitrogens with one attached hydrogen (secondary N) is 1. The number of hydrogen-bond donors (Lipinski definition) is 1. The lowest BCUT2D eigenvalue weighted by atomic mass is 10.1. The molecule has 0 unspecified atom stereocenters. The Morgan fingerprint density at radius 1 is 1.05 bits per heavy atom. The maximum atomic E-state index is 12.8. The van der Waals surface area contributed by atoms with Crippen LogP contribution >= 0.6 is 0 Å². The van der Waals surface area contributed by atoms with Gasteiger partial charge in [-0.25, -0.2) is 4.39 Å². The van der Waals surface area contributed by atoms with E-state index < -0.39 is 0 Å². The molecule has 1 N–H and O–H groups in total. The van der Waals surface area contributed by atoms with E-state index in [1.165, 1.54) is 12.1 Å². The van der Waals surface area contributed by atoms with E-state index in [9.17, 15) is 9.18 Å². The first-order chi connectivity index (χ1) is 10.7. The first kappa shape index (κ1) is 16.2. The SMILES string of the molecule is COc1ccc(C(=O)CCNCCc2ccc(F)cc2)cc1. The summed E-state index contributed by atoms with van der Waals surface area (Å²) >= 11 is 0. The van der Waals surface area contributed by atoms with Gasteiger partial charge in [0.05, 0.1) is 7.11 Å². The van der Waals surface area contributed by atoms with Gasteiger partial charge in [0.25, 0.3) is 0 Å². The van der Waals surface area contributed by atoms with Gasteiger partial charge in [-0.1, -0.05) is 12.1 Å². The van der Waals surface area contributed by atoms with Crippen molar-refractivity contribution in [3.8, 4) is 5.75 Å². The fourth-order valence-corrected chi connectivity index (χ4v) is 2.13. The lowest BCUT2D eigenvalue weighted by molar-refractivity contribution is 0.0982. The molecule has 0 amide bonds. The Kier molecular flexibility index (Phi) is 6.10. The highest BCUT2D eigenvalue weighted by Crippen LogP contribution is 2.12. The van der Waals surface area contributed by atoms with E-state index in [0.717, 1.165) is 24.3 Å². The van der Waals surface area contributed by atoms with Crippen molar-refractivity contribution in [1.29, 1.82) is 0 Å². The number of hydrogen-bond acceptors (Lipinski definition) is 3. The molecule has 2 aromatic rings. The number of halogens is 1. The zero-order chi connectivity index (χ0) is 15.8. The molecule has 0 fully saturated rings. The minimum atomic E-state index is -0.221. The highest BCUT2D eigenvalue weighted by Gasteiger charge is 2.05. The Morgan fingerprint density at radius 3 is 2.36 bits per heavy atom. The smallest absolute Gasteiger partial charge is 0.164 e. The second-order valence-corrected chi connectivity index (χ2v) is 5.03.